The van der Waals surface area contributed by atoms with Crippen molar-refractivity contribution in [2.24, 2.45) is 0 Å². The van der Waals surface area contributed by atoms with Crippen LogP contribution in [0.1, 0.15) is 25.0 Å². The van der Waals surface area contributed by atoms with Crippen LogP contribution in [0.2, 0.25) is 0 Å². The molecule has 0 unspecified atom stereocenters. The summed E-state index contributed by atoms with van der Waals surface area (Å²) in [6, 6.07) is 11.7. The van der Waals surface area contributed by atoms with Crippen LogP contribution in [0, 0.1) is 0 Å². The molecule has 3 N–H and O–H groups in total. The molecular weight excluding hydrogens is 296 g/mol. The molecule has 0 radical (unpaired) electrons. The molecule has 4 heteroatoms. The lowest BCUT2D eigenvalue weighted by molar-refractivity contribution is 1.39. The van der Waals surface area contributed by atoms with Gasteiger partial charge in [-0.15, -0.1) is 25.3 Å². The van der Waals surface area contributed by atoms with E-state index in [9.17, 15) is 0 Å². The van der Waals surface area contributed by atoms with Crippen molar-refractivity contribution >= 4 is 48.8 Å². The SMILES string of the molecule is CC.CNc1ccc(/C=C/c2ccc(N)cc2S)c(S)c1. The number of nitrogens with two attached hydrogens (primary N) is 1. The van der Waals surface area contributed by atoms with Gasteiger partial charge in [0.2, 0.25) is 0 Å². The van der Waals surface area contributed by atoms with Gasteiger partial charge in [-0.3, -0.25) is 0 Å². The van der Waals surface area contributed by atoms with Crippen LogP contribution in [0.3, 0.4) is 0 Å². The molecule has 0 aromatic heterocycles. The van der Waals surface area contributed by atoms with E-state index in [-0.39, 0.29) is 0 Å². The lowest BCUT2D eigenvalue weighted by Crippen LogP contribution is -1.88. The van der Waals surface area contributed by atoms with E-state index in [0.29, 0.717) is 0 Å². The molecule has 0 saturated heterocycles. The van der Waals surface area contributed by atoms with Gasteiger partial charge in [-0.1, -0.05) is 38.1 Å². The van der Waals surface area contributed by atoms with Crippen LogP contribution >= 0.6 is 25.3 Å². The monoisotopic (exact) mass is 318 g/mol. The lowest BCUT2D eigenvalue weighted by atomic mass is 10.1. The summed E-state index contributed by atoms with van der Waals surface area (Å²) in [7, 11) is 1.89. The highest BCUT2D eigenvalue weighted by molar-refractivity contribution is 7.80. The topological polar surface area (TPSA) is 38.0 Å². The van der Waals surface area contributed by atoms with Gasteiger partial charge in [-0.25, -0.2) is 0 Å². The van der Waals surface area contributed by atoms with Gasteiger partial charge in [-0.05, 0) is 35.4 Å². The van der Waals surface area contributed by atoms with Crippen molar-refractivity contribution in [1.82, 2.24) is 0 Å². The molecular formula is C17H22N2S2. The zero-order valence-electron chi connectivity index (χ0n) is 12.6. The molecule has 0 atom stereocenters. The predicted octanol–water partition coefficient (Wildman–Crippen LogP) is 5.08. The molecule has 0 aliphatic carbocycles. The number of hydrogen-bond acceptors (Lipinski definition) is 4. The summed E-state index contributed by atoms with van der Waals surface area (Å²) >= 11 is 8.89. The summed E-state index contributed by atoms with van der Waals surface area (Å²) in [5, 5.41) is 3.09. The van der Waals surface area contributed by atoms with Gasteiger partial charge in [0.05, 0.1) is 0 Å². The summed E-state index contributed by atoms with van der Waals surface area (Å²) in [6.45, 7) is 4.00. The molecule has 0 fully saturated rings. The number of benzene rings is 2. The highest BCUT2D eigenvalue weighted by atomic mass is 32.1. The second kappa shape index (κ2) is 8.70. The van der Waals surface area contributed by atoms with Crippen LogP contribution in [-0.4, -0.2) is 7.05 Å². The fourth-order valence-corrected chi connectivity index (χ4v) is 2.31. The Balaban J connectivity index is 0.00000106. The van der Waals surface area contributed by atoms with Crippen molar-refractivity contribution in [2.75, 3.05) is 18.1 Å². The Morgan fingerprint density at radius 2 is 1.43 bits per heavy atom. The van der Waals surface area contributed by atoms with E-state index in [1.807, 2.05) is 69.4 Å². The van der Waals surface area contributed by atoms with E-state index in [1.54, 1.807) is 0 Å². The van der Waals surface area contributed by atoms with Gasteiger partial charge in [0, 0.05) is 28.2 Å². The van der Waals surface area contributed by atoms with Crippen LogP contribution in [0.15, 0.2) is 46.2 Å². The zero-order chi connectivity index (χ0) is 15.8. The zero-order valence-corrected chi connectivity index (χ0v) is 14.4. The second-order valence-electron chi connectivity index (χ2n) is 4.18. The molecule has 2 aromatic carbocycles. The minimum Gasteiger partial charge on any atom is -0.399 e. The summed E-state index contributed by atoms with van der Waals surface area (Å²) in [5.41, 5.74) is 9.55. The van der Waals surface area contributed by atoms with Crippen molar-refractivity contribution < 1.29 is 0 Å². The first kappa shape index (κ1) is 17.5. The van der Waals surface area contributed by atoms with E-state index in [0.717, 1.165) is 32.3 Å². The van der Waals surface area contributed by atoms with Crippen LogP contribution in [0.5, 0.6) is 0 Å². The third-order valence-electron chi connectivity index (χ3n) is 2.82. The highest BCUT2D eigenvalue weighted by Crippen LogP contribution is 2.23. The van der Waals surface area contributed by atoms with E-state index < -0.39 is 0 Å². The van der Waals surface area contributed by atoms with E-state index in [2.05, 4.69) is 30.6 Å². The quantitative estimate of drug-likeness (QED) is 0.362. The van der Waals surface area contributed by atoms with Crippen molar-refractivity contribution in [3.8, 4) is 0 Å². The highest BCUT2D eigenvalue weighted by Gasteiger charge is 1.99. The average Bonchev–Trinajstić information content (AvgIpc) is 2.49. The second-order valence-corrected chi connectivity index (χ2v) is 5.14. The third-order valence-corrected chi connectivity index (χ3v) is 3.59. The molecule has 0 heterocycles. The number of thiol groups is 2. The first-order valence-corrected chi connectivity index (χ1v) is 7.77. The fourth-order valence-electron chi connectivity index (χ4n) is 1.72. The van der Waals surface area contributed by atoms with Gasteiger partial charge in [0.25, 0.3) is 0 Å². The number of hydrogen-bond donors (Lipinski definition) is 4. The van der Waals surface area contributed by atoms with E-state index in [1.165, 1.54) is 0 Å². The molecule has 0 bridgehead atoms. The van der Waals surface area contributed by atoms with E-state index >= 15 is 0 Å². The van der Waals surface area contributed by atoms with Gasteiger partial charge < -0.3 is 11.1 Å². The summed E-state index contributed by atoms with van der Waals surface area (Å²) in [6.07, 6.45) is 4.03. The normalized spacial score (nSPS) is 10.1. The predicted molar refractivity (Wildman–Crippen MR) is 102 cm³/mol. The summed E-state index contributed by atoms with van der Waals surface area (Å²) in [4.78, 5) is 1.79. The number of nitrogen functional groups attached to an aromatic ring is 1. The Morgan fingerprint density at radius 3 is 1.90 bits per heavy atom. The Labute approximate surface area is 138 Å². The van der Waals surface area contributed by atoms with Crippen LogP contribution in [-0.2, 0) is 0 Å². The minimum atomic E-state index is 0.718. The van der Waals surface area contributed by atoms with Crippen molar-refractivity contribution in [1.29, 1.82) is 0 Å². The summed E-state index contributed by atoms with van der Waals surface area (Å²) in [5.74, 6) is 0. The molecule has 0 spiro atoms. The maximum absolute atomic E-state index is 5.70. The van der Waals surface area contributed by atoms with Gasteiger partial charge >= 0.3 is 0 Å². The van der Waals surface area contributed by atoms with Crippen molar-refractivity contribution in [2.45, 2.75) is 23.6 Å². The average molecular weight is 319 g/mol. The molecule has 2 nitrogen and oxygen atoms in total. The first-order chi connectivity index (χ1) is 10.1. The van der Waals surface area contributed by atoms with Gasteiger partial charge in [-0.2, -0.15) is 0 Å². The molecule has 0 saturated carbocycles. The largest absolute Gasteiger partial charge is 0.399 e. The standard InChI is InChI=1S/C15H16N2S2.C2H6/c1-17-13-7-5-11(15(19)9-13)3-2-10-4-6-12(16)8-14(10)18;1-2/h2-9,17-19H,16H2,1H3;1-2H3/b3-2+;. The van der Waals surface area contributed by atoms with Crippen LogP contribution < -0.4 is 11.1 Å². The van der Waals surface area contributed by atoms with Crippen molar-refractivity contribution in [3.63, 3.8) is 0 Å². The molecule has 112 valence electrons. The Kier molecular flexibility index (Phi) is 7.26. The van der Waals surface area contributed by atoms with Crippen LogP contribution in [0.25, 0.3) is 12.2 Å². The van der Waals surface area contributed by atoms with E-state index in [4.69, 9.17) is 5.73 Å². The summed E-state index contributed by atoms with van der Waals surface area (Å²) < 4.78 is 0. The number of nitrogens with one attached hydrogen (secondary N) is 1. The smallest absolute Gasteiger partial charge is 0.0349 e. The minimum absolute atomic E-state index is 0.718. The van der Waals surface area contributed by atoms with Gasteiger partial charge in [0.1, 0.15) is 0 Å². The Bertz CT molecular complexity index is 622. The number of anilines is 2. The maximum Gasteiger partial charge on any atom is 0.0349 e. The van der Waals surface area contributed by atoms with Crippen molar-refractivity contribution in [3.05, 3.63) is 47.5 Å². The maximum atomic E-state index is 5.70. The molecule has 0 amide bonds. The molecule has 0 aliphatic rings. The molecule has 2 aromatic rings. The number of rotatable bonds is 3. The molecule has 21 heavy (non-hydrogen) atoms. The third kappa shape index (κ3) is 5.06. The first-order valence-electron chi connectivity index (χ1n) is 6.87. The van der Waals surface area contributed by atoms with Gasteiger partial charge in [0.15, 0.2) is 0 Å². The molecule has 2 rings (SSSR count). The van der Waals surface area contributed by atoms with Crippen LogP contribution in [0.4, 0.5) is 11.4 Å². The fraction of sp³-hybridized carbons (Fsp3) is 0.176. The lowest BCUT2D eigenvalue weighted by Gasteiger charge is -2.05. The Hall–Kier alpha value is -1.52. The molecule has 0 aliphatic heterocycles. The Morgan fingerprint density at radius 1 is 0.905 bits per heavy atom.